The van der Waals surface area contributed by atoms with Crippen LogP contribution in [-0.4, -0.2) is 40.4 Å². The van der Waals surface area contributed by atoms with Crippen molar-refractivity contribution in [1.82, 2.24) is 25.4 Å². The molecular formula is C21H31ClN6. The fourth-order valence-electron chi connectivity index (χ4n) is 3.52. The van der Waals surface area contributed by atoms with Crippen LogP contribution in [0, 0.1) is 0 Å². The van der Waals surface area contributed by atoms with E-state index in [0.29, 0.717) is 0 Å². The summed E-state index contributed by atoms with van der Waals surface area (Å²) in [7, 11) is 0. The Labute approximate surface area is 172 Å². The third-order valence-corrected chi connectivity index (χ3v) is 5.37. The maximum Gasteiger partial charge on any atom is 0.191 e. The monoisotopic (exact) mass is 402 g/mol. The molecule has 0 saturated heterocycles. The van der Waals surface area contributed by atoms with Crippen LogP contribution in [0.15, 0.2) is 29.3 Å². The van der Waals surface area contributed by atoms with E-state index in [2.05, 4.69) is 38.4 Å². The molecule has 1 aliphatic heterocycles. The highest BCUT2D eigenvalue weighted by Gasteiger charge is 2.14. The molecule has 0 bridgehead atoms. The Morgan fingerprint density at radius 3 is 2.89 bits per heavy atom. The number of nitrogens with zero attached hydrogens (tertiary/aromatic N) is 4. The number of hydrogen-bond donors (Lipinski definition) is 2. The molecule has 0 spiro atoms. The fraction of sp³-hybridized carbons (Fsp3) is 0.571. The van der Waals surface area contributed by atoms with Crippen molar-refractivity contribution in [3.05, 3.63) is 46.5 Å². The van der Waals surface area contributed by atoms with Crippen molar-refractivity contribution in [2.45, 2.75) is 58.4 Å². The Hall–Kier alpha value is -2.08. The average Bonchev–Trinajstić information content (AvgIpc) is 2.93. The van der Waals surface area contributed by atoms with E-state index in [1.165, 1.54) is 19.3 Å². The van der Waals surface area contributed by atoms with Gasteiger partial charge in [0.15, 0.2) is 5.96 Å². The van der Waals surface area contributed by atoms with Crippen LogP contribution in [0.1, 0.15) is 49.8 Å². The molecule has 0 radical (unpaired) electrons. The van der Waals surface area contributed by atoms with Crippen LogP contribution in [0.4, 0.5) is 0 Å². The number of guanidine groups is 1. The van der Waals surface area contributed by atoms with Gasteiger partial charge in [-0.2, -0.15) is 0 Å². The van der Waals surface area contributed by atoms with Crippen LogP contribution in [0.5, 0.6) is 0 Å². The summed E-state index contributed by atoms with van der Waals surface area (Å²) in [4.78, 5) is 4.70. The van der Waals surface area contributed by atoms with Gasteiger partial charge in [-0.1, -0.05) is 36.2 Å². The largest absolute Gasteiger partial charge is 0.357 e. The van der Waals surface area contributed by atoms with E-state index in [-0.39, 0.29) is 0 Å². The molecule has 1 aromatic heterocycles. The van der Waals surface area contributed by atoms with Gasteiger partial charge in [0.1, 0.15) is 11.6 Å². The standard InChI is InChI=1S/C21H31ClN6/c1-2-23-21(25-15-13-17-9-5-6-10-18(17)22)24-14-8-12-20-27-26-19-11-4-3-7-16-28(19)20/h5-6,9-10H,2-4,7-8,11-16H2,1H3,(H2,23,24,25). The molecule has 7 heteroatoms. The molecule has 2 heterocycles. The molecule has 0 atom stereocenters. The zero-order chi connectivity index (χ0) is 19.6. The number of nitrogens with one attached hydrogen (secondary N) is 2. The molecule has 6 nitrogen and oxygen atoms in total. The van der Waals surface area contributed by atoms with E-state index in [9.17, 15) is 0 Å². The molecule has 3 rings (SSSR count). The summed E-state index contributed by atoms with van der Waals surface area (Å²) in [6.45, 7) is 5.55. The number of rotatable bonds is 8. The van der Waals surface area contributed by atoms with E-state index in [1.807, 2.05) is 18.2 Å². The SMILES string of the molecule is CCNC(=NCCCc1nnc2n1CCCCC2)NCCc1ccccc1Cl. The first-order valence-electron chi connectivity index (χ1n) is 10.4. The molecule has 1 aromatic carbocycles. The number of halogens is 1. The van der Waals surface area contributed by atoms with E-state index in [1.54, 1.807) is 0 Å². The van der Waals surface area contributed by atoms with Crippen molar-refractivity contribution in [1.29, 1.82) is 0 Å². The highest BCUT2D eigenvalue weighted by Crippen LogP contribution is 2.16. The van der Waals surface area contributed by atoms with E-state index in [0.717, 1.165) is 80.1 Å². The number of aliphatic imine (C=N–C) groups is 1. The molecule has 0 saturated carbocycles. The van der Waals surface area contributed by atoms with Gasteiger partial charge in [0.05, 0.1) is 0 Å². The van der Waals surface area contributed by atoms with Crippen LogP contribution < -0.4 is 10.6 Å². The Balaban J connectivity index is 1.45. The average molecular weight is 403 g/mol. The number of aromatic nitrogens is 3. The summed E-state index contributed by atoms with van der Waals surface area (Å²) in [6.07, 6.45) is 7.58. The molecular weight excluding hydrogens is 372 g/mol. The Kier molecular flexibility index (Phi) is 8.15. The summed E-state index contributed by atoms with van der Waals surface area (Å²) in [6, 6.07) is 7.97. The third kappa shape index (κ3) is 5.96. The van der Waals surface area contributed by atoms with Crippen LogP contribution in [-0.2, 0) is 25.8 Å². The van der Waals surface area contributed by atoms with Crippen LogP contribution in [0.2, 0.25) is 5.02 Å². The minimum Gasteiger partial charge on any atom is -0.357 e. The molecule has 152 valence electrons. The second-order valence-corrected chi connectivity index (χ2v) is 7.53. The fourth-order valence-corrected chi connectivity index (χ4v) is 3.75. The van der Waals surface area contributed by atoms with Crippen molar-refractivity contribution in [3.63, 3.8) is 0 Å². The first kappa shape index (κ1) is 20.6. The molecule has 28 heavy (non-hydrogen) atoms. The maximum absolute atomic E-state index is 6.23. The molecule has 0 amide bonds. The first-order chi connectivity index (χ1) is 13.8. The van der Waals surface area contributed by atoms with Crippen molar-refractivity contribution in [3.8, 4) is 0 Å². The number of benzene rings is 1. The van der Waals surface area contributed by atoms with Gasteiger partial charge in [0.25, 0.3) is 0 Å². The Morgan fingerprint density at radius 1 is 1.14 bits per heavy atom. The zero-order valence-corrected chi connectivity index (χ0v) is 17.5. The lowest BCUT2D eigenvalue weighted by atomic mass is 10.1. The van der Waals surface area contributed by atoms with Gasteiger partial charge in [-0.25, -0.2) is 0 Å². The van der Waals surface area contributed by atoms with Gasteiger partial charge >= 0.3 is 0 Å². The first-order valence-corrected chi connectivity index (χ1v) is 10.8. The quantitative estimate of drug-likeness (QED) is 0.403. The van der Waals surface area contributed by atoms with E-state index >= 15 is 0 Å². The van der Waals surface area contributed by atoms with E-state index in [4.69, 9.17) is 16.6 Å². The van der Waals surface area contributed by atoms with Gasteiger partial charge in [-0.3, -0.25) is 4.99 Å². The maximum atomic E-state index is 6.23. The third-order valence-electron chi connectivity index (χ3n) is 5.00. The summed E-state index contributed by atoms with van der Waals surface area (Å²) in [5, 5.41) is 16.3. The highest BCUT2D eigenvalue weighted by atomic mass is 35.5. The summed E-state index contributed by atoms with van der Waals surface area (Å²) >= 11 is 6.23. The topological polar surface area (TPSA) is 67.1 Å². The molecule has 2 N–H and O–H groups in total. The Morgan fingerprint density at radius 2 is 2.04 bits per heavy atom. The van der Waals surface area contributed by atoms with E-state index < -0.39 is 0 Å². The van der Waals surface area contributed by atoms with Crippen LogP contribution in [0.25, 0.3) is 0 Å². The lowest BCUT2D eigenvalue weighted by Crippen LogP contribution is -2.38. The minimum absolute atomic E-state index is 0.767. The summed E-state index contributed by atoms with van der Waals surface area (Å²) < 4.78 is 2.32. The smallest absolute Gasteiger partial charge is 0.191 e. The molecule has 1 aliphatic rings. The minimum atomic E-state index is 0.767. The normalized spacial score (nSPS) is 14.4. The number of hydrogen-bond acceptors (Lipinski definition) is 3. The summed E-state index contributed by atoms with van der Waals surface area (Å²) in [5.41, 5.74) is 1.15. The van der Waals surface area contributed by atoms with Gasteiger partial charge in [-0.15, -0.1) is 10.2 Å². The summed E-state index contributed by atoms with van der Waals surface area (Å²) in [5.74, 6) is 3.13. The predicted molar refractivity (Wildman–Crippen MR) is 115 cm³/mol. The molecule has 0 unspecified atom stereocenters. The second-order valence-electron chi connectivity index (χ2n) is 7.13. The van der Waals surface area contributed by atoms with Crippen molar-refractivity contribution in [2.75, 3.05) is 19.6 Å². The molecule has 2 aromatic rings. The van der Waals surface area contributed by atoms with Crippen molar-refractivity contribution in [2.24, 2.45) is 4.99 Å². The molecule has 0 fully saturated rings. The van der Waals surface area contributed by atoms with Gasteiger partial charge < -0.3 is 15.2 Å². The van der Waals surface area contributed by atoms with Crippen molar-refractivity contribution < 1.29 is 0 Å². The van der Waals surface area contributed by atoms with Gasteiger partial charge in [-0.05, 0) is 44.2 Å². The Bertz CT molecular complexity index is 770. The number of fused-ring (bicyclic) bond motifs is 1. The van der Waals surface area contributed by atoms with Crippen molar-refractivity contribution >= 4 is 17.6 Å². The molecule has 0 aliphatic carbocycles. The van der Waals surface area contributed by atoms with Gasteiger partial charge in [0.2, 0.25) is 0 Å². The predicted octanol–water partition coefficient (Wildman–Crippen LogP) is 3.39. The zero-order valence-electron chi connectivity index (χ0n) is 16.8. The lowest BCUT2D eigenvalue weighted by Gasteiger charge is -2.12. The van der Waals surface area contributed by atoms with Crippen LogP contribution in [0.3, 0.4) is 0 Å². The second kappa shape index (κ2) is 11.1. The highest BCUT2D eigenvalue weighted by molar-refractivity contribution is 6.31. The van der Waals surface area contributed by atoms with Crippen LogP contribution >= 0.6 is 11.6 Å². The van der Waals surface area contributed by atoms with Gasteiger partial charge in [0, 0.05) is 44.0 Å². The lowest BCUT2D eigenvalue weighted by molar-refractivity contribution is 0.597. The number of aryl methyl sites for hydroxylation is 2.